The lowest BCUT2D eigenvalue weighted by atomic mass is 9.84. The Morgan fingerprint density at radius 1 is 1.30 bits per heavy atom. The summed E-state index contributed by atoms with van der Waals surface area (Å²) in [5.74, 6) is -0.147. The summed E-state index contributed by atoms with van der Waals surface area (Å²) in [6.07, 6.45) is 5.85. The van der Waals surface area contributed by atoms with Crippen LogP contribution < -0.4 is 5.01 Å². The van der Waals surface area contributed by atoms with E-state index in [9.17, 15) is 9.90 Å². The second-order valence-electron chi connectivity index (χ2n) is 7.19. The smallest absolute Gasteiger partial charge is 0.258 e. The fourth-order valence-electron chi connectivity index (χ4n) is 3.84. The van der Waals surface area contributed by atoms with Gasteiger partial charge in [-0.1, -0.05) is 29.8 Å². The summed E-state index contributed by atoms with van der Waals surface area (Å²) in [4.78, 5) is 14.3. The Morgan fingerprint density at radius 2 is 2.04 bits per heavy atom. The molecule has 2 N–H and O–H groups in total. The number of aromatic amines is 1. The van der Waals surface area contributed by atoms with Crippen molar-refractivity contribution in [3.63, 3.8) is 0 Å². The van der Waals surface area contributed by atoms with E-state index in [0.29, 0.717) is 37.9 Å². The van der Waals surface area contributed by atoms with Crippen LogP contribution in [0.1, 0.15) is 36.0 Å². The number of piperidine rings is 1. The molecular formula is C19H22ClN5O2. The highest BCUT2D eigenvalue weighted by molar-refractivity contribution is 6.32. The van der Waals surface area contributed by atoms with Gasteiger partial charge in [0.05, 0.1) is 29.1 Å². The first kappa shape index (κ1) is 18.0. The van der Waals surface area contributed by atoms with Crippen LogP contribution in [0.25, 0.3) is 0 Å². The molecule has 7 nitrogen and oxygen atoms in total. The number of benzene rings is 1. The molecule has 2 aliphatic heterocycles. The summed E-state index contributed by atoms with van der Waals surface area (Å²) in [7, 11) is 0. The molecule has 0 saturated carbocycles. The van der Waals surface area contributed by atoms with Gasteiger partial charge in [-0.2, -0.15) is 10.2 Å². The van der Waals surface area contributed by atoms with Gasteiger partial charge in [-0.3, -0.25) is 14.9 Å². The van der Waals surface area contributed by atoms with Crippen molar-refractivity contribution in [3.05, 3.63) is 47.2 Å². The van der Waals surface area contributed by atoms with Crippen LogP contribution in [0.4, 0.5) is 5.69 Å². The Kier molecular flexibility index (Phi) is 4.88. The van der Waals surface area contributed by atoms with Gasteiger partial charge >= 0.3 is 0 Å². The number of rotatable bonds is 4. The maximum Gasteiger partial charge on any atom is 0.258 e. The third kappa shape index (κ3) is 3.70. The maximum atomic E-state index is 12.5. The van der Waals surface area contributed by atoms with E-state index in [4.69, 9.17) is 11.6 Å². The van der Waals surface area contributed by atoms with Gasteiger partial charge in [0, 0.05) is 25.7 Å². The lowest BCUT2D eigenvalue weighted by Gasteiger charge is -2.40. The standard InChI is InChI=1S/C19H22ClN5O2/c20-17-16(13-21-23-17)18(26)24-10-7-19(27,8-11-24)12-15-6-9-22-25(15)14-4-2-1-3-5-14/h1-5,9,13,15,27H,6-8,10-12H2,(H,21,23). The molecule has 1 unspecified atom stereocenters. The lowest BCUT2D eigenvalue weighted by molar-refractivity contribution is -0.0268. The first-order chi connectivity index (χ1) is 13.1. The van der Waals surface area contributed by atoms with Gasteiger partial charge in [0.2, 0.25) is 0 Å². The number of anilines is 1. The minimum absolute atomic E-state index is 0.128. The van der Waals surface area contributed by atoms with Crippen molar-refractivity contribution >= 4 is 29.4 Å². The highest BCUT2D eigenvalue weighted by Gasteiger charge is 2.39. The zero-order valence-electron chi connectivity index (χ0n) is 14.9. The van der Waals surface area contributed by atoms with E-state index in [1.807, 2.05) is 41.6 Å². The fourth-order valence-corrected chi connectivity index (χ4v) is 4.02. The Balaban J connectivity index is 1.38. The van der Waals surface area contributed by atoms with Gasteiger partial charge in [-0.15, -0.1) is 0 Å². The number of nitrogens with zero attached hydrogens (tertiary/aromatic N) is 4. The van der Waals surface area contributed by atoms with Crippen molar-refractivity contribution in [1.29, 1.82) is 0 Å². The van der Waals surface area contributed by atoms with E-state index in [2.05, 4.69) is 15.3 Å². The lowest BCUT2D eigenvalue weighted by Crippen LogP contribution is -2.49. The predicted octanol–water partition coefficient (Wildman–Crippen LogP) is 2.69. The molecule has 1 amide bonds. The van der Waals surface area contributed by atoms with Gasteiger partial charge < -0.3 is 10.0 Å². The van der Waals surface area contributed by atoms with Crippen LogP contribution >= 0.6 is 11.6 Å². The second-order valence-corrected chi connectivity index (χ2v) is 7.56. The van der Waals surface area contributed by atoms with Crippen LogP contribution in [0.5, 0.6) is 0 Å². The zero-order chi connectivity index (χ0) is 18.9. The Labute approximate surface area is 162 Å². The van der Waals surface area contributed by atoms with Crippen molar-refractivity contribution < 1.29 is 9.90 Å². The highest BCUT2D eigenvalue weighted by Crippen LogP contribution is 2.33. The summed E-state index contributed by atoms with van der Waals surface area (Å²) in [6.45, 7) is 0.992. The van der Waals surface area contributed by atoms with Gasteiger partial charge in [0.25, 0.3) is 5.91 Å². The van der Waals surface area contributed by atoms with Crippen LogP contribution in [0, 0.1) is 0 Å². The number of nitrogens with one attached hydrogen (secondary N) is 1. The molecule has 1 atom stereocenters. The Hall–Kier alpha value is -2.38. The molecule has 142 valence electrons. The number of carbonyl (C=O) groups is 1. The molecular weight excluding hydrogens is 366 g/mol. The number of aromatic nitrogens is 2. The van der Waals surface area contributed by atoms with Crippen molar-refractivity contribution in [3.8, 4) is 0 Å². The molecule has 0 spiro atoms. The summed E-state index contributed by atoms with van der Waals surface area (Å²) >= 11 is 5.96. The zero-order valence-corrected chi connectivity index (χ0v) is 15.6. The third-order valence-electron chi connectivity index (χ3n) is 5.37. The maximum absolute atomic E-state index is 12.5. The molecule has 1 aromatic carbocycles. The van der Waals surface area contributed by atoms with Crippen LogP contribution in [-0.4, -0.2) is 57.1 Å². The number of hydrogen-bond donors (Lipinski definition) is 2. The molecule has 3 heterocycles. The molecule has 2 aliphatic rings. The number of aliphatic hydroxyl groups is 1. The van der Waals surface area contributed by atoms with Crippen LogP contribution in [0.15, 0.2) is 41.6 Å². The highest BCUT2D eigenvalue weighted by atomic mass is 35.5. The van der Waals surface area contributed by atoms with Gasteiger partial charge in [-0.05, 0) is 31.4 Å². The molecule has 27 heavy (non-hydrogen) atoms. The molecule has 0 aliphatic carbocycles. The predicted molar refractivity (Wildman–Crippen MR) is 104 cm³/mol. The minimum atomic E-state index is -0.803. The third-order valence-corrected chi connectivity index (χ3v) is 5.66. The first-order valence-corrected chi connectivity index (χ1v) is 9.51. The van der Waals surface area contributed by atoms with Crippen LogP contribution in [0.3, 0.4) is 0 Å². The Morgan fingerprint density at radius 3 is 2.70 bits per heavy atom. The summed E-state index contributed by atoms with van der Waals surface area (Å²) in [5, 5.41) is 24.2. The van der Waals surface area contributed by atoms with E-state index in [1.54, 1.807) is 4.90 Å². The molecule has 2 aromatic rings. The van der Waals surface area contributed by atoms with E-state index in [0.717, 1.165) is 12.1 Å². The Bertz CT molecular complexity index is 830. The molecule has 1 fully saturated rings. The largest absolute Gasteiger partial charge is 0.390 e. The van der Waals surface area contributed by atoms with Gasteiger partial charge in [-0.25, -0.2) is 0 Å². The van der Waals surface area contributed by atoms with E-state index in [-0.39, 0.29) is 17.1 Å². The van der Waals surface area contributed by atoms with E-state index in [1.165, 1.54) is 6.20 Å². The number of halogens is 1. The molecule has 1 saturated heterocycles. The van der Waals surface area contributed by atoms with Crippen molar-refractivity contribution in [2.45, 2.75) is 37.3 Å². The first-order valence-electron chi connectivity index (χ1n) is 9.13. The topological polar surface area (TPSA) is 84.8 Å². The number of para-hydroxylation sites is 1. The second kappa shape index (κ2) is 7.32. The number of carbonyl (C=O) groups excluding carboxylic acids is 1. The van der Waals surface area contributed by atoms with Crippen LogP contribution in [-0.2, 0) is 0 Å². The van der Waals surface area contributed by atoms with Gasteiger partial charge in [0.15, 0.2) is 0 Å². The van der Waals surface area contributed by atoms with Crippen molar-refractivity contribution in [1.82, 2.24) is 15.1 Å². The van der Waals surface area contributed by atoms with Crippen molar-refractivity contribution in [2.75, 3.05) is 18.1 Å². The number of H-pyrrole nitrogens is 1. The van der Waals surface area contributed by atoms with E-state index >= 15 is 0 Å². The molecule has 8 heteroatoms. The monoisotopic (exact) mass is 387 g/mol. The van der Waals surface area contributed by atoms with Crippen molar-refractivity contribution in [2.24, 2.45) is 5.10 Å². The number of amides is 1. The molecule has 4 rings (SSSR count). The fraction of sp³-hybridized carbons (Fsp3) is 0.421. The summed E-state index contributed by atoms with van der Waals surface area (Å²) < 4.78 is 0. The number of likely N-dealkylation sites (tertiary alicyclic amines) is 1. The molecule has 1 aromatic heterocycles. The van der Waals surface area contributed by atoms with E-state index < -0.39 is 5.60 Å². The summed E-state index contributed by atoms with van der Waals surface area (Å²) in [5.41, 5.74) is 0.603. The number of hydrazone groups is 1. The number of hydrogen-bond acceptors (Lipinski definition) is 5. The SMILES string of the molecule is O=C(c1cn[nH]c1Cl)N1CCC(O)(CC2CC=NN2c2ccccc2)CC1. The van der Waals surface area contributed by atoms with Gasteiger partial charge in [0.1, 0.15) is 5.15 Å². The average molecular weight is 388 g/mol. The van der Waals surface area contributed by atoms with Crippen LogP contribution in [0.2, 0.25) is 5.15 Å². The summed E-state index contributed by atoms with van der Waals surface area (Å²) in [6, 6.07) is 10.1. The molecule has 0 bridgehead atoms. The average Bonchev–Trinajstić information content (AvgIpc) is 3.31. The molecule has 0 radical (unpaired) electrons. The minimum Gasteiger partial charge on any atom is -0.390 e. The quantitative estimate of drug-likeness (QED) is 0.844. The normalized spacial score (nSPS) is 21.6.